The number of amides is 1. The van der Waals surface area contributed by atoms with Crippen LogP contribution in [0.2, 0.25) is 0 Å². The van der Waals surface area contributed by atoms with Gasteiger partial charge in [0.25, 0.3) is 5.91 Å². The second kappa shape index (κ2) is 7.51. The van der Waals surface area contributed by atoms with Gasteiger partial charge in [-0.1, -0.05) is 0 Å². The van der Waals surface area contributed by atoms with Crippen molar-refractivity contribution in [2.45, 2.75) is 20.3 Å². The zero-order valence-electron chi connectivity index (χ0n) is 12.5. The molecule has 1 rings (SSSR count). The number of nitrogens with zero attached hydrogens (tertiary/aromatic N) is 2. The number of carbonyl (C=O) groups excluding carboxylic acids is 1. The van der Waals surface area contributed by atoms with Crippen LogP contribution in [0.25, 0.3) is 6.08 Å². The highest BCUT2D eigenvalue weighted by Gasteiger charge is 2.11. The van der Waals surface area contributed by atoms with Crippen molar-refractivity contribution < 1.29 is 9.53 Å². The van der Waals surface area contributed by atoms with Crippen molar-refractivity contribution >= 4 is 12.0 Å². The Morgan fingerprint density at radius 3 is 2.75 bits per heavy atom. The van der Waals surface area contributed by atoms with Gasteiger partial charge in [-0.2, -0.15) is 5.26 Å². The first-order chi connectivity index (χ1) is 9.51. The molecule has 0 fully saturated rings. The van der Waals surface area contributed by atoms with Gasteiger partial charge >= 0.3 is 0 Å². The highest BCUT2D eigenvalue weighted by Crippen LogP contribution is 2.16. The number of carbonyl (C=O) groups is 1. The average Bonchev–Trinajstić information content (AvgIpc) is 2.68. The summed E-state index contributed by atoms with van der Waals surface area (Å²) in [4.78, 5) is 11.9. The molecule has 0 bridgehead atoms. The smallest absolute Gasteiger partial charge is 0.261 e. The van der Waals surface area contributed by atoms with Crippen molar-refractivity contribution in [3.63, 3.8) is 0 Å². The van der Waals surface area contributed by atoms with Gasteiger partial charge in [0.05, 0.1) is 0 Å². The van der Waals surface area contributed by atoms with E-state index in [4.69, 9.17) is 10.00 Å². The number of ether oxygens (including phenoxy) is 1. The van der Waals surface area contributed by atoms with Crippen LogP contribution < -0.4 is 5.32 Å². The lowest BCUT2D eigenvalue weighted by Crippen LogP contribution is -2.26. The summed E-state index contributed by atoms with van der Waals surface area (Å²) in [6, 6.07) is 3.92. The van der Waals surface area contributed by atoms with Crippen LogP contribution in [-0.4, -0.2) is 30.7 Å². The summed E-state index contributed by atoms with van der Waals surface area (Å²) in [5.74, 6) is -0.343. The normalized spacial score (nSPS) is 11.2. The summed E-state index contributed by atoms with van der Waals surface area (Å²) in [5.41, 5.74) is 3.14. The first-order valence-electron chi connectivity index (χ1n) is 6.53. The molecule has 0 saturated carbocycles. The zero-order chi connectivity index (χ0) is 15.1. The van der Waals surface area contributed by atoms with Gasteiger partial charge in [-0.05, 0) is 38.0 Å². The van der Waals surface area contributed by atoms with Crippen LogP contribution >= 0.6 is 0 Å². The number of nitrogens with one attached hydrogen (secondary N) is 1. The molecular weight excluding hydrogens is 254 g/mol. The van der Waals surface area contributed by atoms with E-state index < -0.39 is 0 Å². The van der Waals surface area contributed by atoms with Crippen LogP contribution in [0.4, 0.5) is 0 Å². The molecule has 0 aliphatic carbocycles. The predicted octanol–water partition coefficient (Wildman–Crippen LogP) is 1.70. The van der Waals surface area contributed by atoms with E-state index in [2.05, 4.69) is 5.32 Å². The zero-order valence-corrected chi connectivity index (χ0v) is 12.5. The molecule has 1 N–H and O–H groups in total. The van der Waals surface area contributed by atoms with Crippen LogP contribution in [0.15, 0.2) is 11.6 Å². The van der Waals surface area contributed by atoms with Gasteiger partial charge in [0, 0.05) is 38.7 Å². The van der Waals surface area contributed by atoms with E-state index in [1.54, 1.807) is 13.2 Å². The summed E-state index contributed by atoms with van der Waals surface area (Å²) < 4.78 is 6.93. The van der Waals surface area contributed by atoms with Crippen molar-refractivity contribution in [1.29, 1.82) is 5.26 Å². The Kier molecular flexibility index (Phi) is 6.01. The summed E-state index contributed by atoms with van der Waals surface area (Å²) in [6.07, 6.45) is 2.36. The lowest BCUT2D eigenvalue weighted by atomic mass is 10.1. The fourth-order valence-electron chi connectivity index (χ4n) is 1.85. The molecule has 5 nitrogen and oxygen atoms in total. The molecule has 0 spiro atoms. The van der Waals surface area contributed by atoms with Gasteiger partial charge in [0.1, 0.15) is 11.6 Å². The highest BCUT2D eigenvalue weighted by molar-refractivity contribution is 6.01. The molecule has 1 heterocycles. The standard InChI is InChI=1S/C15H21N3O2/c1-11-8-13(12(2)18(11)3)9-14(10-16)15(19)17-6-5-7-20-4/h8-9H,5-7H2,1-4H3,(H,17,19)/b14-9+. The lowest BCUT2D eigenvalue weighted by molar-refractivity contribution is -0.117. The van der Waals surface area contributed by atoms with Crippen molar-refractivity contribution in [2.24, 2.45) is 7.05 Å². The summed E-state index contributed by atoms with van der Waals surface area (Å²) in [5, 5.41) is 11.8. The molecule has 0 unspecified atom stereocenters. The molecule has 1 amide bonds. The molecule has 20 heavy (non-hydrogen) atoms. The first kappa shape index (κ1) is 16.0. The van der Waals surface area contributed by atoms with Crippen molar-refractivity contribution in [1.82, 2.24) is 9.88 Å². The average molecular weight is 275 g/mol. The molecule has 0 aromatic carbocycles. The van der Waals surface area contributed by atoms with Gasteiger partial charge in [0.15, 0.2) is 0 Å². The maximum Gasteiger partial charge on any atom is 0.261 e. The Bertz CT molecular complexity index is 550. The Labute approximate surface area is 119 Å². The number of methoxy groups -OCH3 is 1. The highest BCUT2D eigenvalue weighted by atomic mass is 16.5. The SMILES string of the molecule is COCCCNC(=O)/C(C#N)=C/c1cc(C)n(C)c1C. The van der Waals surface area contributed by atoms with E-state index in [1.165, 1.54) is 0 Å². The number of aromatic nitrogens is 1. The monoisotopic (exact) mass is 275 g/mol. The molecule has 1 aromatic rings. The van der Waals surface area contributed by atoms with E-state index in [1.807, 2.05) is 37.6 Å². The van der Waals surface area contributed by atoms with Gasteiger partial charge < -0.3 is 14.6 Å². The van der Waals surface area contributed by atoms with Gasteiger partial charge in [0.2, 0.25) is 0 Å². The van der Waals surface area contributed by atoms with Crippen molar-refractivity contribution in [2.75, 3.05) is 20.3 Å². The first-order valence-corrected chi connectivity index (χ1v) is 6.53. The fourth-order valence-corrected chi connectivity index (χ4v) is 1.85. The number of aryl methyl sites for hydroxylation is 1. The van der Waals surface area contributed by atoms with Crippen molar-refractivity contribution in [3.8, 4) is 6.07 Å². The second-order valence-electron chi connectivity index (χ2n) is 4.66. The third kappa shape index (κ3) is 3.97. The second-order valence-corrected chi connectivity index (χ2v) is 4.66. The largest absolute Gasteiger partial charge is 0.385 e. The maximum absolute atomic E-state index is 11.9. The molecule has 0 saturated heterocycles. The lowest BCUT2D eigenvalue weighted by Gasteiger charge is -2.04. The predicted molar refractivity (Wildman–Crippen MR) is 78.0 cm³/mol. The van der Waals surface area contributed by atoms with Gasteiger partial charge in [-0.3, -0.25) is 4.79 Å². The summed E-state index contributed by atoms with van der Waals surface area (Å²) in [6.45, 7) is 5.03. The molecular formula is C15H21N3O2. The van der Waals surface area contributed by atoms with E-state index in [0.29, 0.717) is 13.2 Å². The van der Waals surface area contributed by atoms with Crippen LogP contribution in [0.5, 0.6) is 0 Å². The fraction of sp³-hybridized carbons (Fsp3) is 0.467. The third-order valence-electron chi connectivity index (χ3n) is 3.29. The van der Waals surface area contributed by atoms with E-state index >= 15 is 0 Å². The van der Waals surface area contributed by atoms with Crippen molar-refractivity contribution in [3.05, 3.63) is 28.6 Å². The van der Waals surface area contributed by atoms with Crippen LogP contribution in [0.3, 0.4) is 0 Å². The number of nitriles is 1. The number of hydrogen-bond acceptors (Lipinski definition) is 3. The van der Waals surface area contributed by atoms with Crippen LogP contribution in [0, 0.1) is 25.2 Å². The molecule has 1 aromatic heterocycles. The minimum atomic E-state index is -0.343. The topological polar surface area (TPSA) is 67.0 Å². The molecule has 108 valence electrons. The quantitative estimate of drug-likeness (QED) is 0.488. The molecule has 0 aliphatic heterocycles. The Hall–Kier alpha value is -2.06. The third-order valence-corrected chi connectivity index (χ3v) is 3.29. The maximum atomic E-state index is 11.9. The number of hydrogen-bond donors (Lipinski definition) is 1. The van der Waals surface area contributed by atoms with Gasteiger partial charge in [-0.25, -0.2) is 0 Å². The Morgan fingerprint density at radius 2 is 2.25 bits per heavy atom. The summed E-state index contributed by atoms with van der Waals surface area (Å²) >= 11 is 0. The van der Waals surface area contributed by atoms with E-state index in [-0.39, 0.29) is 11.5 Å². The molecule has 0 radical (unpaired) electrons. The Morgan fingerprint density at radius 1 is 1.55 bits per heavy atom. The number of rotatable bonds is 6. The summed E-state index contributed by atoms with van der Waals surface area (Å²) in [7, 11) is 3.57. The minimum absolute atomic E-state index is 0.121. The van der Waals surface area contributed by atoms with E-state index in [0.717, 1.165) is 23.4 Å². The molecule has 5 heteroatoms. The molecule has 0 atom stereocenters. The van der Waals surface area contributed by atoms with Crippen LogP contribution in [0.1, 0.15) is 23.4 Å². The van der Waals surface area contributed by atoms with Crippen LogP contribution in [-0.2, 0) is 16.6 Å². The van der Waals surface area contributed by atoms with E-state index in [9.17, 15) is 4.79 Å². The minimum Gasteiger partial charge on any atom is -0.385 e. The molecule has 0 aliphatic rings. The Balaban J connectivity index is 2.79. The van der Waals surface area contributed by atoms with Gasteiger partial charge in [-0.15, -0.1) is 0 Å².